The Balaban J connectivity index is 3.01. The van der Waals surface area contributed by atoms with Gasteiger partial charge in [-0.1, -0.05) is 6.07 Å². The highest BCUT2D eigenvalue weighted by molar-refractivity contribution is 6.29. The molecule has 7 heteroatoms. The van der Waals surface area contributed by atoms with Crippen LogP contribution in [0.2, 0.25) is 5.28 Å². The molecule has 0 spiro atoms. The van der Waals surface area contributed by atoms with E-state index in [1.165, 1.54) is 12.1 Å². The number of aromatic nitrogens is 2. The van der Waals surface area contributed by atoms with Gasteiger partial charge in [0.25, 0.3) is 5.56 Å². The van der Waals surface area contributed by atoms with Crippen molar-refractivity contribution in [1.82, 2.24) is 9.55 Å². The van der Waals surface area contributed by atoms with Gasteiger partial charge >= 0.3 is 6.09 Å². The van der Waals surface area contributed by atoms with Gasteiger partial charge in [-0.25, -0.2) is 14.2 Å². The maximum atomic E-state index is 13.3. The highest BCUT2D eigenvalue weighted by atomic mass is 35.5. The third kappa shape index (κ3) is 1.43. The molecule has 1 N–H and O–H groups in total. The lowest BCUT2D eigenvalue weighted by molar-refractivity contribution is 0.195. The molecule has 1 heterocycles. The summed E-state index contributed by atoms with van der Waals surface area (Å²) in [6, 6.07) is 3.68. The molecule has 1 aromatic carbocycles. The summed E-state index contributed by atoms with van der Waals surface area (Å²) < 4.78 is 13.5. The topological polar surface area (TPSA) is 72.2 Å². The minimum atomic E-state index is -1.56. The Bertz CT molecular complexity index is 653. The van der Waals surface area contributed by atoms with Gasteiger partial charge in [0.05, 0.1) is 5.39 Å². The van der Waals surface area contributed by atoms with Gasteiger partial charge in [-0.15, -0.1) is 0 Å². The van der Waals surface area contributed by atoms with E-state index in [-0.39, 0.29) is 15.5 Å². The number of carboxylic acid groups (broad SMARTS) is 1. The van der Waals surface area contributed by atoms with E-state index in [9.17, 15) is 14.0 Å². The molecule has 0 atom stereocenters. The van der Waals surface area contributed by atoms with Gasteiger partial charge in [0.2, 0.25) is 5.28 Å². The van der Waals surface area contributed by atoms with Crippen molar-refractivity contribution < 1.29 is 14.3 Å². The number of hydrogen-bond acceptors (Lipinski definition) is 3. The van der Waals surface area contributed by atoms with Crippen LogP contribution in [-0.4, -0.2) is 20.8 Å². The highest BCUT2D eigenvalue weighted by Gasteiger charge is 2.16. The van der Waals surface area contributed by atoms with Crippen LogP contribution in [0.25, 0.3) is 10.9 Å². The monoisotopic (exact) mass is 242 g/mol. The molecule has 0 saturated carbocycles. The summed E-state index contributed by atoms with van der Waals surface area (Å²) in [5.74, 6) is -0.728. The van der Waals surface area contributed by atoms with Crippen LogP contribution >= 0.6 is 11.6 Å². The molecule has 0 fully saturated rings. The van der Waals surface area contributed by atoms with E-state index in [2.05, 4.69) is 4.98 Å². The van der Waals surface area contributed by atoms with E-state index in [0.29, 0.717) is 0 Å². The predicted molar refractivity (Wildman–Crippen MR) is 54.4 cm³/mol. The van der Waals surface area contributed by atoms with E-state index in [1.807, 2.05) is 0 Å². The standard InChI is InChI=1S/C9H4ClFN2O3/c10-8-12-6-4(2-1-3-5(6)11)7(14)13(8)9(15)16/h1-3H,(H,15,16). The number of nitrogens with zero attached hydrogens (tertiary/aromatic N) is 2. The molecule has 0 aliphatic heterocycles. The molecular formula is C9H4ClFN2O3. The van der Waals surface area contributed by atoms with Crippen LogP contribution in [0, 0.1) is 5.82 Å². The maximum absolute atomic E-state index is 13.3. The summed E-state index contributed by atoms with van der Waals surface area (Å²) in [6.07, 6.45) is -1.56. The highest BCUT2D eigenvalue weighted by Crippen LogP contribution is 2.14. The molecule has 2 aromatic rings. The van der Waals surface area contributed by atoms with Crippen LogP contribution in [0.5, 0.6) is 0 Å². The summed E-state index contributed by atoms with van der Waals surface area (Å²) in [4.78, 5) is 25.9. The Morgan fingerprint density at radius 3 is 2.81 bits per heavy atom. The summed E-state index contributed by atoms with van der Waals surface area (Å²) in [6.45, 7) is 0. The number of benzene rings is 1. The first-order valence-electron chi connectivity index (χ1n) is 4.12. The molecule has 5 nitrogen and oxygen atoms in total. The molecule has 16 heavy (non-hydrogen) atoms. The molecule has 0 saturated heterocycles. The van der Waals surface area contributed by atoms with Crippen LogP contribution in [-0.2, 0) is 0 Å². The third-order valence-corrected chi connectivity index (χ3v) is 2.25. The van der Waals surface area contributed by atoms with Gasteiger partial charge in [0.15, 0.2) is 0 Å². The molecule has 0 aliphatic rings. The first kappa shape index (κ1) is 10.6. The Morgan fingerprint density at radius 1 is 1.50 bits per heavy atom. The lowest BCUT2D eigenvalue weighted by Crippen LogP contribution is -2.27. The van der Waals surface area contributed by atoms with Crippen molar-refractivity contribution >= 4 is 28.6 Å². The molecule has 0 amide bonds. The van der Waals surface area contributed by atoms with Crippen LogP contribution in [0.4, 0.5) is 9.18 Å². The molecule has 82 valence electrons. The van der Waals surface area contributed by atoms with Crippen molar-refractivity contribution in [1.29, 1.82) is 0 Å². The third-order valence-electron chi connectivity index (χ3n) is 2.00. The summed E-state index contributed by atoms with van der Waals surface area (Å²) in [7, 11) is 0. The van der Waals surface area contributed by atoms with Crippen molar-refractivity contribution in [3.05, 3.63) is 39.7 Å². The smallest absolute Gasteiger partial charge is 0.421 e. The number of carbonyl (C=O) groups is 1. The Kier molecular flexibility index (Phi) is 2.35. The fourth-order valence-corrected chi connectivity index (χ4v) is 1.55. The fourth-order valence-electron chi connectivity index (χ4n) is 1.31. The lowest BCUT2D eigenvalue weighted by Gasteiger charge is -2.04. The molecule has 0 aliphatic carbocycles. The van der Waals surface area contributed by atoms with E-state index in [4.69, 9.17) is 16.7 Å². The minimum Gasteiger partial charge on any atom is -0.464 e. The van der Waals surface area contributed by atoms with Crippen molar-refractivity contribution in [2.75, 3.05) is 0 Å². The van der Waals surface area contributed by atoms with Crippen LogP contribution in [0.15, 0.2) is 23.0 Å². The molecular weight excluding hydrogens is 239 g/mol. The largest absolute Gasteiger partial charge is 0.464 e. The Hall–Kier alpha value is -1.95. The van der Waals surface area contributed by atoms with Gasteiger partial charge < -0.3 is 5.11 Å². The van der Waals surface area contributed by atoms with E-state index in [0.717, 1.165) is 6.07 Å². The first-order chi connectivity index (χ1) is 7.52. The zero-order valence-electron chi connectivity index (χ0n) is 7.65. The van der Waals surface area contributed by atoms with Crippen molar-refractivity contribution in [2.45, 2.75) is 0 Å². The second-order valence-electron chi connectivity index (χ2n) is 2.94. The second kappa shape index (κ2) is 3.57. The molecule has 0 unspecified atom stereocenters. The molecule has 0 radical (unpaired) electrons. The summed E-state index contributed by atoms with van der Waals surface area (Å²) in [5, 5.41) is 8.00. The second-order valence-corrected chi connectivity index (χ2v) is 3.28. The zero-order valence-corrected chi connectivity index (χ0v) is 8.40. The number of halogens is 2. The van der Waals surface area contributed by atoms with Gasteiger partial charge in [0, 0.05) is 0 Å². The van der Waals surface area contributed by atoms with Gasteiger partial charge in [-0.05, 0) is 23.7 Å². The van der Waals surface area contributed by atoms with Crippen molar-refractivity contribution in [2.24, 2.45) is 0 Å². The number of para-hydroxylation sites is 1. The molecule has 2 rings (SSSR count). The quantitative estimate of drug-likeness (QED) is 0.714. The first-order valence-corrected chi connectivity index (χ1v) is 4.50. The van der Waals surface area contributed by atoms with E-state index < -0.39 is 22.8 Å². The minimum absolute atomic E-state index is 0.133. The SMILES string of the molecule is O=C(O)n1c(Cl)nc2c(F)cccc2c1=O. The molecule has 1 aromatic heterocycles. The number of fused-ring (bicyclic) bond motifs is 1. The van der Waals surface area contributed by atoms with Gasteiger partial charge in [0.1, 0.15) is 11.3 Å². The number of rotatable bonds is 0. The van der Waals surface area contributed by atoms with Crippen molar-refractivity contribution in [3.8, 4) is 0 Å². The maximum Gasteiger partial charge on any atom is 0.421 e. The summed E-state index contributed by atoms with van der Waals surface area (Å²) >= 11 is 5.48. The Labute approximate surface area is 92.7 Å². The van der Waals surface area contributed by atoms with Crippen LogP contribution < -0.4 is 5.56 Å². The summed E-state index contributed by atoms with van der Waals surface area (Å²) in [5.41, 5.74) is -1.16. The fraction of sp³-hybridized carbons (Fsp3) is 0. The zero-order chi connectivity index (χ0) is 11.9. The molecule has 0 bridgehead atoms. The number of hydrogen-bond donors (Lipinski definition) is 1. The van der Waals surface area contributed by atoms with Gasteiger partial charge in [-0.2, -0.15) is 4.57 Å². The average molecular weight is 243 g/mol. The Morgan fingerprint density at radius 2 is 2.19 bits per heavy atom. The van der Waals surface area contributed by atoms with Gasteiger partial charge in [-0.3, -0.25) is 4.79 Å². The van der Waals surface area contributed by atoms with E-state index >= 15 is 0 Å². The average Bonchev–Trinajstić information content (AvgIpc) is 2.19. The van der Waals surface area contributed by atoms with Crippen LogP contribution in [0.1, 0.15) is 0 Å². The lowest BCUT2D eigenvalue weighted by atomic mass is 10.2. The predicted octanol–water partition coefficient (Wildman–Crippen LogP) is 1.72. The van der Waals surface area contributed by atoms with E-state index in [1.54, 1.807) is 0 Å². The van der Waals surface area contributed by atoms with Crippen molar-refractivity contribution in [3.63, 3.8) is 0 Å². The normalized spacial score (nSPS) is 10.6. The van der Waals surface area contributed by atoms with Crippen LogP contribution in [0.3, 0.4) is 0 Å².